The van der Waals surface area contributed by atoms with Crippen LogP contribution in [-0.2, 0) is 0 Å². The predicted octanol–water partition coefficient (Wildman–Crippen LogP) is 5.88. The van der Waals surface area contributed by atoms with Crippen LogP contribution in [0.15, 0.2) is 54.6 Å². The molecule has 1 aromatic heterocycles. The molecule has 0 radical (unpaired) electrons. The Hall–Kier alpha value is -2.87. The van der Waals surface area contributed by atoms with Crippen LogP contribution in [-0.4, -0.2) is 56.2 Å². The van der Waals surface area contributed by atoms with Crippen molar-refractivity contribution in [3.63, 3.8) is 0 Å². The maximum Gasteiger partial charge on any atom is 0.260 e. The molecule has 0 saturated heterocycles. The number of carbonyl (C=O) groups is 1. The normalized spacial score (nSPS) is 11.0. The van der Waals surface area contributed by atoms with E-state index in [-0.39, 0.29) is 18.3 Å². The fourth-order valence-corrected chi connectivity index (χ4v) is 4.90. The van der Waals surface area contributed by atoms with Crippen LogP contribution in [0.25, 0.3) is 21.0 Å². The summed E-state index contributed by atoms with van der Waals surface area (Å²) < 4.78 is 11.8. The quantitative estimate of drug-likeness (QED) is 0.288. The van der Waals surface area contributed by atoms with Crippen LogP contribution in [0, 0.1) is 0 Å². The third kappa shape index (κ3) is 5.27. The number of benzene rings is 3. The summed E-state index contributed by atoms with van der Waals surface area (Å²) in [5.41, 5.74) is 1.44. The number of nitrogens with zero attached hydrogens (tertiary/aromatic N) is 3. The van der Waals surface area contributed by atoms with E-state index in [2.05, 4.69) is 24.8 Å². The van der Waals surface area contributed by atoms with Crippen LogP contribution in [0.1, 0.15) is 24.2 Å². The van der Waals surface area contributed by atoms with Gasteiger partial charge in [0.1, 0.15) is 0 Å². The Labute approximate surface area is 210 Å². The van der Waals surface area contributed by atoms with E-state index >= 15 is 0 Å². The number of amides is 1. The standard InChI is InChI=1S/C26H29N3O3S.ClH/c1-5-28(6-2)13-14-29(25(30)20-12-11-18-9-7-8-10-19(18)15-20)26-27-21-16-22(31-3)23(32-4)17-24(21)33-26;/h7-12,15-17H,5-6,13-14H2,1-4H3;1H. The van der Waals surface area contributed by atoms with E-state index in [9.17, 15) is 4.79 Å². The van der Waals surface area contributed by atoms with Crippen molar-refractivity contribution in [1.82, 2.24) is 9.88 Å². The Morgan fingerprint density at radius 3 is 2.26 bits per heavy atom. The van der Waals surface area contributed by atoms with Gasteiger partial charge in [-0.15, -0.1) is 12.4 Å². The Morgan fingerprint density at radius 2 is 1.59 bits per heavy atom. The first kappa shape index (κ1) is 25.7. The second-order valence-corrected chi connectivity index (χ2v) is 8.73. The maximum atomic E-state index is 13.7. The van der Waals surface area contributed by atoms with Crippen molar-refractivity contribution in [2.24, 2.45) is 0 Å². The summed E-state index contributed by atoms with van der Waals surface area (Å²) in [6.45, 7) is 7.46. The first-order valence-corrected chi connectivity index (χ1v) is 11.9. The lowest BCUT2D eigenvalue weighted by atomic mass is 10.1. The van der Waals surface area contributed by atoms with Gasteiger partial charge in [0.15, 0.2) is 16.6 Å². The Kier molecular flexibility index (Phi) is 8.72. The predicted molar refractivity (Wildman–Crippen MR) is 143 cm³/mol. The molecule has 3 aromatic carbocycles. The lowest BCUT2D eigenvalue weighted by Gasteiger charge is -2.24. The van der Waals surface area contributed by atoms with Crippen LogP contribution in [0.4, 0.5) is 5.13 Å². The minimum absolute atomic E-state index is 0. The highest BCUT2D eigenvalue weighted by molar-refractivity contribution is 7.22. The van der Waals surface area contributed by atoms with E-state index in [1.165, 1.54) is 11.3 Å². The van der Waals surface area contributed by atoms with Crippen molar-refractivity contribution >= 4 is 55.8 Å². The Balaban J connectivity index is 0.00000324. The molecule has 1 heterocycles. The number of ether oxygens (including phenoxy) is 2. The molecule has 8 heteroatoms. The molecule has 180 valence electrons. The summed E-state index contributed by atoms with van der Waals surface area (Å²) >= 11 is 1.49. The zero-order valence-electron chi connectivity index (χ0n) is 19.9. The van der Waals surface area contributed by atoms with E-state index in [1.54, 1.807) is 19.1 Å². The minimum atomic E-state index is -0.0501. The van der Waals surface area contributed by atoms with E-state index in [1.807, 2.05) is 48.5 Å². The second kappa shape index (κ2) is 11.5. The van der Waals surface area contributed by atoms with Gasteiger partial charge in [0, 0.05) is 30.8 Å². The van der Waals surface area contributed by atoms with Gasteiger partial charge in [-0.25, -0.2) is 4.98 Å². The SMILES string of the molecule is CCN(CC)CCN(C(=O)c1ccc2ccccc2c1)c1nc2cc(OC)c(OC)cc2s1.Cl. The van der Waals surface area contributed by atoms with E-state index in [0.717, 1.165) is 40.6 Å². The average molecular weight is 500 g/mol. The molecule has 4 aromatic rings. The van der Waals surface area contributed by atoms with Gasteiger partial charge in [0.2, 0.25) is 0 Å². The molecular formula is C26H30ClN3O3S. The van der Waals surface area contributed by atoms with Crippen molar-refractivity contribution in [2.45, 2.75) is 13.8 Å². The van der Waals surface area contributed by atoms with Crippen molar-refractivity contribution in [3.8, 4) is 11.5 Å². The third-order valence-electron chi connectivity index (χ3n) is 5.89. The molecule has 0 spiro atoms. The molecule has 1 amide bonds. The summed E-state index contributed by atoms with van der Waals surface area (Å²) in [5.74, 6) is 1.22. The van der Waals surface area contributed by atoms with Crippen molar-refractivity contribution in [3.05, 3.63) is 60.2 Å². The monoisotopic (exact) mass is 499 g/mol. The number of hydrogen-bond donors (Lipinski definition) is 0. The Morgan fingerprint density at radius 1 is 0.912 bits per heavy atom. The largest absolute Gasteiger partial charge is 0.493 e. The summed E-state index contributed by atoms with van der Waals surface area (Å²) in [7, 11) is 3.22. The van der Waals surface area contributed by atoms with E-state index in [4.69, 9.17) is 14.5 Å². The number of methoxy groups -OCH3 is 2. The molecule has 0 aliphatic carbocycles. The van der Waals surface area contributed by atoms with Gasteiger partial charge in [-0.1, -0.05) is 55.5 Å². The van der Waals surface area contributed by atoms with Crippen molar-refractivity contribution in [2.75, 3.05) is 45.3 Å². The van der Waals surface area contributed by atoms with Gasteiger partial charge in [-0.3, -0.25) is 9.69 Å². The number of fused-ring (bicyclic) bond motifs is 2. The number of carbonyl (C=O) groups excluding carboxylic acids is 1. The number of thiazole rings is 1. The molecule has 0 saturated carbocycles. The van der Waals surface area contributed by atoms with Crippen LogP contribution < -0.4 is 14.4 Å². The first-order chi connectivity index (χ1) is 16.1. The molecule has 34 heavy (non-hydrogen) atoms. The van der Waals surface area contributed by atoms with Gasteiger partial charge < -0.3 is 14.4 Å². The summed E-state index contributed by atoms with van der Waals surface area (Å²) in [6, 6.07) is 17.7. The second-order valence-electron chi connectivity index (χ2n) is 7.72. The third-order valence-corrected chi connectivity index (χ3v) is 6.93. The smallest absolute Gasteiger partial charge is 0.260 e. The minimum Gasteiger partial charge on any atom is -0.493 e. The maximum absolute atomic E-state index is 13.7. The van der Waals surface area contributed by atoms with Gasteiger partial charge in [-0.2, -0.15) is 0 Å². The molecule has 0 N–H and O–H groups in total. The molecular weight excluding hydrogens is 470 g/mol. The van der Waals surface area contributed by atoms with Crippen molar-refractivity contribution < 1.29 is 14.3 Å². The summed E-state index contributed by atoms with van der Waals surface area (Å²) in [4.78, 5) is 22.6. The Bertz CT molecular complexity index is 1230. The molecule has 0 atom stereocenters. The highest BCUT2D eigenvalue weighted by Crippen LogP contribution is 2.37. The topological polar surface area (TPSA) is 54.9 Å². The highest BCUT2D eigenvalue weighted by Gasteiger charge is 2.23. The number of aromatic nitrogens is 1. The molecule has 6 nitrogen and oxygen atoms in total. The van der Waals surface area contributed by atoms with Gasteiger partial charge in [0.05, 0.1) is 24.4 Å². The number of hydrogen-bond acceptors (Lipinski definition) is 6. The number of likely N-dealkylation sites (N-methyl/N-ethyl adjacent to an activating group) is 1. The summed E-state index contributed by atoms with van der Waals surface area (Å²) in [5, 5.41) is 2.83. The molecule has 0 fully saturated rings. The fourth-order valence-electron chi connectivity index (χ4n) is 3.90. The first-order valence-electron chi connectivity index (χ1n) is 11.1. The van der Waals surface area contributed by atoms with Crippen LogP contribution in [0.2, 0.25) is 0 Å². The number of rotatable bonds is 9. The fraction of sp³-hybridized carbons (Fsp3) is 0.308. The average Bonchev–Trinajstić information content (AvgIpc) is 3.27. The zero-order valence-corrected chi connectivity index (χ0v) is 21.5. The lowest BCUT2D eigenvalue weighted by molar-refractivity contribution is 0.0984. The summed E-state index contributed by atoms with van der Waals surface area (Å²) in [6.07, 6.45) is 0. The molecule has 4 rings (SSSR count). The van der Waals surface area contributed by atoms with Crippen LogP contribution in [0.5, 0.6) is 11.5 Å². The van der Waals surface area contributed by atoms with Gasteiger partial charge >= 0.3 is 0 Å². The molecule has 0 unspecified atom stereocenters. The number of anilines is 1. The molecule has 0 aliphatic heterocycles. The molecule has 0 aliphatic rings. The lowest BCUT2D eigenvalue weighted by Crippen LogP contribution is -2.38. The van der Waals surface area contributed by atoms with Gasteiger partial charge in [0.25, 0.3) is 5.91 Å². The highest BCUT2D eigenvalue weighted by atomic mass is 35.5. The van der Waals surface area contributed by atoms with Crippen LogP contribution >= 0.6 is 23.7 Å². The van der Waals surface area contributed by atoms with Crippen LogP contribution in [0.3, 0.4) is 0 Å². The number of halogens is 1. The van der Waals surface area contributed by atoms with E-state index in [0.29, 0.717) is 28.7 Å². The van der Waals surface area contributed by atoms with Crippen molar-refractivity contribution in [1.29, 1.82) is 0 Å². The van der Waals surface area contributed by atoms with Gasteiger partial charge in [-0.05, 0) is 36.0 Å². The zero-order chi connectivity index (χ0) is 23.4. The van der Waals surface area contributed by atoms with E-state index < -0.39 is 0 Å². The molecule has 0 bridgehead atoms.